The van der Waals surface area contributed by atoms with Crippen molar-refractivity contribution in [3.63, 3.8) is 0 Å². The molecule has 0 aliphatic carbocycles. The maximum absolute atomic E-state index is 12.0. The number of rotatable bonds is 2. The van der Waals surface area contributed by atoms with Gasteiger partial charge in [-0.25, -0.2) is 4.79 Å². The smallest absolute Gasteiger partial charge is 0.352 e. The second-order valence-electron chi connectivity index (χ2n) is 4.73. The molecule has 0 atom stereocenters. The van der Waals surface area contributed by atoms with Crippen molar-refractivity contribution < 1.29 is 9.90 Å². The van der Waals surface area contributed by atoms with Crippen LogP contribution in [0.1, 0.15) is 35.9 Å². The van der Waals surface area contributed by atoms with Gasteiger partial charge in [0.25, 0.3) is 0 Å². The third kappa shape index (κ3) is 2.12. The van der Waals surface area contributed by atoms with E-state index in [1.807, 2.05) is 13.8 Å². The summed E-state index contributed by atoms with van der Waals surface area (Å²) in [6.07, 6.45) is 0. The van der Waals surface area contributed by atoms with Gasteiger partial charge in [-0.05, 0) is 38.5 Å². The summed E-state index contributed by atoms with van der Waals surface area (Å²) in [7, 11) is 0. The Labute approximate surface area is 115 Å². The van der Waals surface area contributed by atoms with Crippen LogP contribution >= 0.6 is 11.6 Å². The van der Waals surface area contributed by atoms with Crippen molar-refractivity contribution in [2.24, 2.45) is 0 Å². The number of nitrogens with zero attached hydrogens (tertiary/aromatic N) is 1. The van der Waals surface area contributed by atoms with Gasteiger partial charge in [0.1, 0.15) is 5.69 Å². The average molecular weight is 280 g/mol. The Balaban J connectivity index is 3.10. The molecule has 2 rings (SSSR count). The molecule has 2 aromatic rings. The molecule has 0 spiro atoms. The number of halogens is 1. The molecule has 0 aliphatic rings. The Morgan fingerprint density at radius 3 is 2.53 bits per heavy atom. The summed E-state index contributed by atoms with van der Waals surface area (Å²) < 4.78 is 1.64. The number of carboxylic acid groups (broad SMARTS) is 1. The molecule has 0 amide bonds. The van der Waals surface area contributed by atoms with Gasteiger partial charge in [-0.1, -0.05) is 11.6 Å². The highest BCUT2D eigenvalue weighted by Gasteiger charge is 2.18. The summed E-state index contributed by atoms with van der Waals surface area (Å²) in [6.45, 7) is 5.53. The van der Waals surface area contributed by atoms with E-state index < -0.39 is 5.97 Å². The summed E-state index contributed by atoms with van der Waals surface area (Å²) in [6, 6.07) is 4.37. The van der Waals surface area contributed by atoms with Crippen LogP contribution in [0.25, 0.3) is 10.9 Å². The maximum Gasteiger partial charge on any atom is 0.352 e. The lowest BCUT2D eigenvalue weighted by molar-refractivity contribution is 0.0683. The highest BCUT2D eigenvalue weighted by atomic mass is 35.5. The first-order chi connectivity index (χ1) is 8.84. The monoisotopic (exact) mass is 279 g/mol. The molecule has 100 valence electrons. The zero-order chi connectivity index (χ0) is 14.3. The molecular weight excluding hydrogens is 266 g/mol. The standard InChI is InChI=1S/C14H14ClNO3/c1-7(2)16-11(14(18)19)6-12(17)9-4-5-10(15)8(3)13(9)16/h4-7H,1-3H3,(H,18,19). The number of pyridine rings is 1. The van der Waals surface area contributed by atoms with E-state index in [4.69, 9.17) is 11.6 Å². The van der Waals surface area contributed by atoms with Crippen molar-refractivity contribution >= 4 is 28.5 Å². The summed E-state index contributed by atoms with van der Waals surface area (Å²) >= 11 is 6.09. The Morgan fingerprint density at radius 1 is 1.37 bits per heavy atom. The van der Waals surface area contributed by atoms with Crippen LogP contribution < -0.4 is 5.43 Å². The van der Waals surface area contributed by atoms with Gasteiger partial charge in [0.15, 0.2) is 5.43 Å². The number of aryl methyl sites for hydroxylation is 1. The van der Waals surface area contributed by atoms with Crippen LogP contribution in [0.4, 0.5) is 0 Å². The van der Waals surface area contributed by atoms with Crippen molar-refractivity contribution in [2.45, 2.75) is 26.8 Å². The van der Waals surface area contributed by atoms with Crippen LogP contribution in [-0.4, -0.2) is 15.6 Å². The molecule has 0 fully saturated rings. The molecule has 4 nitrogen and oxygen atoms in total. The minimum atomic E-state index is -1.12. The number of aromatic carboxylic acids is 1. The fraction of sp³-hybridized carbons (Fsp3) is 0.286. The summed E-state index contributed by atoms with van der Waals surface area (Å²) in [5.41, 5.74) is 0.988. The van der Waals surface area contributed by atoms with Crippen LogP contribution in [-0.2, 0) is 0 Å². The van der Waals surface area contributed by atoms with Gasteiger partial charge in [0.2, 0.25) is 0 Å². The van der Waals surface area contributed by atoms with E-state index in [0.717, 1.165) is 6.07 Å². The summed E-state index contributed by atoms with van der Waals surface area (Å²) in [5, 5.41) is 10.3. The molecule has 0 radical (unpaired) electrons. The van der Waals surface area contributed by atoms with E-state index in [9.17, 15) is 14.7 Å². The molecule has 5 heteroatoms. The number of hydrogen-bond acceptors (Lipinski definition) is 2. The predicted octanol–water partition coefficient (Wildman–Crippen LogP) is 3.24. The van der Waals surface area contributed by atoms with Gasteiger partial charge in [-0.2, -0.15) is 0 Å². The van der Waals surface area contributed by atoms with E-state index in [1.54, 1.807) is 23.6 Å². The van der Waals surface area contributed by atoms with Gasteiger partial charge in [0, 0.05) is 22.5 Å². The minimum absolute atomic E-state index is 0.0159. The lowest BCUT2D eigenvalue weighted by Gasteiger charge is -2.20. The maximum atomic E-state index is 12.0. The Kier molecular flexibility index (Phi) is 3.37. The molecule has 0 aliphatic heterocycles. The molecular formula is C14H14ClNO3. The lowest BCUT2D eigenvalue weighted by atomic mass is 10.1. The first-order valence-electron chi connectivity index (χ1n) is 5.92. The molecule has 1 aromatic heterocycles. The van der Waals surface area contributed by atoms with Crippen molar-refractivity contribution in [1.82, 2.24) is 4.57 Å². The molecule has 0 bridgehead atoms. The number of carbonyl (C=O) groups is 1. The van der Waals surface area contributed by atoms with Crippen LogP contribution in [0, 0.1) is 6.92 Å². The first kappa shape index (κ1) is 13.6. The number of carboxylic acids is 1. The number of aromatic nitrogens is 1. The quantitative estimate of drug-likeness (QED) is 0.918. The molecule has 1 heterocycles. The third-order valence-electron chi connectivity index (χ3n) is 3.13. The number of hydrogen-bond donors (Lipinski definition) is 1. The van der Waals surface area contributed by atoms with E-state index >= 15 is 0 Å². The Hall–Kier alpha value is -1.81. The zero-order valence-corrected chi connectivity index (χ0v) is 11.7. The van der Waals surface area contributed by atoms with Crippen LogP contribution in [0.5, 0.6) is 0 Å². The van der Waals surface area contributed by atoms with E-state index in [0.29, 0.717) is 21.5 Å². The SMILES string of the molecule is Cc1c(Cl)ccc2c(=O)cc(C(=O)O)n(C(C)C)c12. The molecule has 1 N–H and O–H groups in total. The molecule has 0 unspecified atom stereocenters. The summed E-state index contributed by atoms with van der Waals surface area (Å²) in [4.78, 5) is 23.3. The van der Waals surface area contributed by atoms with Crippen LogP contribution in [0.2, 0.25) is 5.02 Å². The molecule has 1 aromatic carbocycles. The Morgan fingerprint density at radius 2 is 2.00 bits per heavy atom. The Bertz CT molecular complexity index is 732. The molecule has 0 saturated heterocycles. The number of benzene rings is 1. The third-order valence-corrected chi connectivity index (χ3v) is 3.54. The van der Waals surface area contributed by atoms with E-state index in [1.165, 1.54) is 0 Å². The highest BCUT2D eigenvalue weighted by molar-refractivity contribution is 6.32. The topological polar surface area (TPSA) is 59.3 Å². The second-order valence-corrected chi connectivity index (χ2v) is 5.14. The van der Waals surface area contributed by atoms with Gasteiger partial charge in [-0.3, -0.25) is 4.79 Å². The van der Waals surface area contributed by atoms with Crippen LogP contribution in [0.15, 0.2) is 23.0 Å². The molecule has 19 heavy (non-hydrogen) atoms. The zero-order valence-electron chi connectivity index (χ0n) is 10.9. The number of fused-ring (bicyclic) bond motifs is 1. The van der Waals surface area contributed by atoms with Crippen LogP contribution in [0.3, 0.4) is 0 Å². The minimum Gasteiger partial charge on any atom is -0.477 e. The van der Waals surface area contributed by atoms with Gasteiger partial charge in [-0.15, -0.1) is 0 Å². The van der Waals surface area contributed by atoms with Gasteiger partial charge < -0.3 is 9.67 Å². The van der Waals surface area contributed by atoms with Gasteiger partial charge in [0.05, 0.1) is 5.52 Å². The fourth-order valence-electron chi connectivity index (χ4n) is 2.28. The van der Waals surface area contributed by atoms with Crippen molar-refractivity contribution in [3.8, 4) is 0 Å². The normalized spacial score (nSPS) is 11.2. The predicted molar refractivity (Wildman–Crippen MR) is 75.3 cm³/mol. The van der Waals surface area contributed by atoms with E-state index in [-0.39, 0.29) is 17.2 Å². The largest absolute Gasteiger partial charge is 0.477 e. The second kappa shape index (κ2) is 4.70. The first-order valence-corrected chi connectivity index (χ1v) is 6.30. The molecule has 0 saturated carbocycles. The van der Waals surface area contributed by atoms with Crippen molar-refractivity contribution in [2.75, 3.05) is 0 Å². The van der Waals surface area contributed by atoms with E-state index in [2.05, 4.69) is 0 Å². The highest BCUT2D eigenvalue weighted by Crippen LogP contribution is 2.27. The van der Waals surface area contributed by atoms with Crippen molar-refractivity contribution in [1.29, 1.82) is 0 Å². The average Bonchev–Trinajstić information content (AvgIpc) is 2.33. The summed E-state index contributed by atoms with van der Waals surface area (Å²) in [5.74, 6) is -1.12. The lowest BCUT2D eigenvalue weighted by Crippen LogP contribution is -2.20. The van der Waals surface area contributed by atoms with Gasteiger partial charge >= 0.3 is 5.97 Å². The van der Waals surface area contributed by atoms with Crippen molar-refractivity contribution in [3.05, 3.63) is 44.7 Å². The fourth-order valence-corrected chi connectivity index (χ4v) is 2.43.